The fourth-order valence-electron chi connectivity index (χ4n) is 3.90. The minimum atomic E-state index is -0.196. The molecule has 2 N–H and O–H groups in total. The monoisotopic (exact) mass is 480 g/mol. The largest absolute Gasteiger partial charge is 0.507 e. The number of benzene rings is 2. The first-order chi connectivity index (χ1) is 16.4. The van der Waals surface area contributed by atoms with Crippen LogP contribution >= 0.6 is 0 Å². The molecule has 5 nitrogen and oxygen atoms in total. The summed E-state index contributed by atoms with van der Waals surface area (Å²) in [6, 6.07) is 11.8. The Morgan fingerprint density at radius 3 is 2.23 bits per heavy atom. The molecule has 35 heavy (non-hydrogen) atoms. The first-order valence-electron chi connectivity index (χ1n) is 12.8. The van der Waals surface area contributed by atoms with E-state index in [4.69, 9.17) is 4.74 Å². The number of carbonyl (C=O) groups is 1. The van der Waals surface area contributed by atoms with Crippen molar-refractivity contribution in [3.05, 3.63) is 58.7 Å². The zero-order valence-electron chi connectivity index (χ0n) is 22.7. The molecule has 0 heterocycles. The van der Waals surface area contributed by atoms with Crippen molar-refractivity contribution in [2.24, 2.45) is 5.10 Å². The molecule has 0 saturated heterocycles. The average molecular weight is 481 g/mol. The van der Waals surface area contributed by atoms with E-state index < -0.39 is 0 Å². The zero-order chi connectivity index (χ0) is 26.1. The van der Waals surface area contributed by atoms with E-state index in [0.29, 0.717) is 25.2 Å². The molecular weight excluding hydrogens is 436 g/mol. The lowest BCUT2D eigenvalue weighted by Crippen LogP contribution is -2.20. The fraction of sp³-hybridized carbons (Fsp3) is 0.533. The number of hydrogen-bond acceptors (Lipinski definition) is 4. The van der Waals surface area contributed by atoms with Gasteiger partial charge in [0.2, 0.25) is 5.91 Å². The standard InChI is InChI=1S/C30H44N2O3/c1-8-9-10-13-18-35-26-15-12-11-14-23(26)21-31-32-27(33)17-16-22-19-24(29(2,3)4)28(34)25(20-22)30(5,6)7/h11-12,14-15,19-21,34H,8-10,13,16-18H2,1-7H3,(H,32,33)/b31-21-. The van der Waals surface area contributed by atoms with Crippen LogP contribution in [0.2, 0.25) is 0 Å². The van der Waals surface area contributed by atoms with Gasteiger partial charge in [0.15, 0.2) is 0 Å². The molecule has 0 aromatic heterocycles. The third-order valence-electron chi connectivity index (χ3n) is 5.99. The van der Waals surface area contributed by atoms with E-state index in [1.165, 1.54) is 19.3 Å². The maximum absolute atomic E-state index is 12.5. The number of carbonyl (C=O) groups excluding carboxylic acids is 1. The van der Waals surface area contributed by atoms with Crippen molar-refractivity contribution in [2.45, 2.75) is 97.8 Å². The Labute approximate surface area is 212 Å². The van der Waals surface area contributed by atoms with Crippen LogP contribution in [0.25, 0.3) is 0 Å². The van der Waals surface area contributed by atoms with Crippen LogP contribution in [0.3, 0.4) is 0 Å². The van der Waals surface area contributed by atoms with E-state index >= 15 is 0 Å². The first-order valence-corrected chi connectivity index (χ1v) is 12.8. The molecule has 0 atom stereocenters. The Hall–Kier alpha value is -2.82. The second-order valence-electron chi connectivity index (χ2n) is 11.3. The van der Waals surface area contributed by atoms with Crippen LogP contribution in [0.15, 0.2) is 41.5 Å². The lowest BCUT2D eigenvalue weighted by atomic mass is 9.78. The number of nitrogens with zero attached hydrogens (tertiary/aromatic N) is 1. The van der Waals surface area contributed by atoms with E-state index in [1.807, 2.05) is 36.4 Å². The molecule has 0 fully saturated rings. The molecule has 2 aromatic rings. The van der Waals surface area contributed by atoms with Gasteiger partial charge in [0.05, 0.1) is 12.8 Å². The second-order valence-corrected chi connectivity index (χ2v) is 11.3. The normalized spacial score (nSPS) is 12.2. The van der Waals surface area contributed by atoms with Crippen molar-refractivity contribution in [1.82, 2.24) is 5.43 Å². The molecular formula is C30H44N2O3. The highest BCUT2D eigenvalue weighted by molar-refractivity contribution is 5.85. The highest BCUT2D eigenvalue weighted by Gasteiger charge is 2.26. The summed E-state index contributed by atoms with van der Waals surface area (Å²) < 4.78 is 5.91. The van der Waals surface area contributed by atoms with Crippen LogP contribution in [0.5, 0.6) is 11.5 Å². The van der Waals surface area contributed by atoms with E-state index in [2.05, 4.69) is 59.0 Å². The van der Waals surface area contributed by atoms with Gasteiger partial charge in [-0.15, -0.1) is 0 Å². The summed E-state index contributed by atoms with van der Waals surface area (Å²) in [5, 5.41) is 15.0. The molecule has 0 bridgehead atoms. The van der Waals surface area contributed by atoms with E-state index in [1.54, 1.807) is 6.21 Å². The lowest BCUT2D eigenvalue weighted by molar-refractivity contribution is -0.121. The molecule has 0 aliphatic heterocycles. The summed E-state index contributed by atoms with van der Waals surface area (Å²) in [7, 11) is 0. The molecule has 0 unspecified atom stereocenters. The lowest BCUT2D eigenvalue weighted by Gasteiger charge is -2.28. The first kappa shape index (κ1) is 28.4. The average Bonchev–Trinajstić information content (AvgIpc) is 2.77. The molecule has 0 aliphatic rings. The van der Waals surface area contributed by atoms with Gasteiger partial charge in [-0.1, -0.05) is 92.0 Å². The maximum atomic E-state index is 12.5. The molecule has 0 spiro atoms. The SMILES string of the molecule is CCCCCCOc1ccccc1/C=N\NC(=O)CCc1cc(C(C)(C)C)c(O)c(C(C)(C)C)c1. The van der Waals surface area contributed by atoms with Crippen LogP contribution in [-0.4, -0.2) is 23.8 Å². The number of rotatable bonds is 11. The Morgan fingerprint density at radius 2 is 1.63 bits per heavy atom. The number of hydrazone groups is 1. The number of hydrogen-bond donors (Lipinski definition) is 2. The molecule has 192 valence electrons. The molecule has 5 heteroatoms. The van der Waals surface area contributed by atoms with Gasteiger partial charge in [0, 0.05) is 12.0 Å². The molecule has 1 amide bonds. The van der Waals surface area contributed by atoms with Gasteiger partial charge in [-0.25, -0.2) is 5.43 Å². The highest BCUT2D eigenvalue weighted by Crippen LogP contribution is 2.40. The Balaban J connectivity index is 2.00. The predicted molar refractivity (Wildman–Crippen MR) is 146 cm³/mol. The Bertz CT molecular complexity index is 962. The third-order valence-corrected chi connectivity index (χ3v) is 5.99. The molecule has 0 radical (unpaired) electrons. The number of nitrogens with one attached hydrogen (secondary N) is 1. The van der Waals surface area contributed by atoms with Crippen molar-refractivity contribution in [3.8, 4) is 11.5 Å². The van der Waals surface area contributed by atoms with Gasteiger partial charge >= 0.3 is 0 Å². The third kappa shape index (κ3) is 9.04. The van der Waals surface area contributed by atoms with Crippen molar-refractivity contribution < 1.29 is 14.6 Å². The number of phenols is 1. The minimum absolute atomic E-state index is 0.151. The number of unbranched alkanes of at least 4 members (excludes halogenated alkanes) is 3. The number of aromatic hydroxyl groups is 1. The van der Waals surface area contributed by atoms with Gasteiger partial charge in [-0.2, -0.15) is 5.10 Å². The van der Waals surface area contributed by atoms with Gasteiger partial charge < -0.3 is 9.84 Å². The summed E-state index contributed by atoms with van der Waals surface area (Å²) in [6.45, 7) is 15.4. The van der Waals surface area contributed by atoms with E-state index in [-0.39, 0.29) is 16.7 Å². The van der Waals surface area contributed by atoms with Crippen molar-refractivity contribution in [2.75, 3.05) is 6.61 Å². The predicted octanol–water partition coefficient (Wildman–Crippen LogP) is 7.03. The van der Waals surface area contributed by atoms with E-state index in [0.717, 1.165) is 34.4 Å². The second kappa shape index (κ2) is 12.8. The quantitative estimate of drug-likeness (QED) is 0.206. The van der Waals surface area contributed by atoms with Crippen LogP contribution < -0.4 is 10.2 Å². The van der Waals surface area contributed by atoms with Crippen molar-refractivity contribution >= 4 is 12.1 Å². The smallest absolute Gasteiger partial charge is 0.240 e. The summed E-state index contributed by atoms with van der Waals surface area (Å²) >= 11 is 0. The summed E-state index contributed by atoms with van der Waals surface area (Å²) in [6.07, 6.45) is 7.13. The van der Waals surface area contributed by atoms with Crippen LogP contribution in [0.1, 0.15) is 103 Å². The molecule has 2 aromatic carbocycles. The number of para-hydroxylation sites is 1. The van der Waals surface area contributed by atoms with E-state index in [9.17, 15) is 9.90 Å². The summed E-state index contributed by atoms with van der Waals surface area (Å²) in [5.41, 5.74) is 5.94. The topological polar surface area (TPSA) is 70.9 Å². The number of ether oxygens (including phenoxy) is 1. The zero-order valence-corrected chi connectivity index (χ0v) is 22.7. The van der Waals surface area contributed by atoms with Crippen molar-refractivity contribution in [3.63, 3.8) is 0 Å². The number of aryl methyl sites for hydroxylation is 1. The van der Waals surface area contributed by atoms with Crippen LogP contribution in [0, 0.1) is 0 Å². The summed E-state index contributed by atoms with van der Waals surface area (Å²) in [4.78, 5) is 12.5. The maximum Gasteiger partial charge on any atom is 0.240 e. The molecule has 0 saturated carbocycles. The van der Waals surface area contributed by atoms with Gasteiger partial charge in [0.25, 0.3) is 0 Å². The van der Waals surface area contributed by atoms with Gasteiger partial charge in [0.1, 0.15) is 11.5 Å². The fourth-order valence-corrected chi connectivity index (χ4v) is 3.90. The van der Waals surface area contributed by atoms with Crippen LogP contribution in [0.4, 0.5) is 0 Å². The van der Waals surface area contributed by atoms with Crippen LogP contribution in [-0.2, 0) is 22.0 Å². The van der Waals surface area contributed by atoms with Gasteiger partial charge in [-0.3, -0.25) is 4.79 Å². The molecule has 0 aliphatic carbocycles. The summed E-state index contributed by atoms with van der Waals surface area (Å²) in [5.74, 6) is 0.978. The Morgan fingerprint density at radius 1 is 1.00 bits per heavy atom. The highest BCUT2D eigenvalue weighted by atomic mass is 16.5. The number of amides is 1. The van der Waals surface area contributed by atoms with Gasteiger partial charge in [-0.05, 0) is 52.5 Å². The number of phenolic OH excluding ortho intramolecular Hbond substituents is 1. The minimum Gasteiger partial charge on any atom is -0.507 e. The van der Waals surface area contributed by atoms with Crippen molar-refractivity contribution in [1.29, 1.82) is 0 Å². The Kier molecular flexibility index (Phi) is 10.4. The molecule has 2 rings (SSSR count).